The van der Waals surface area contributed by atoms with Crippen LogP contribution in [0.15, 0.2) is 24.3 Å². The summed E-state index contributed by atoms with van der Waals surface area (Å²) >= 11 is 1.43. The molecule has 0 aliphatic carbocycles. The summed E-state index contributed by atoms with van der Waals surface area (Å²) in [7, 11) is 2.81. The van der Waals surface area contributed by atoms with E-state index in [2.05, 4.69) is 25.0 Å². The Morgan fingerprint density at radius 1 is 1.00 bits per heavy atom. The minimum absolute atomic E-state index is 0.938. The predicted octanol–water partition coefficient (Wildman–Crippen LogP) is -1.74. The summed E-state index contributed by atoms with van der Waals surface area (Å²) in [6.45, 7) is 0. The number of rotatable bonds is 0. The second-order valence-corrected chi connectivity index (χ2v) is 3.81. The van der Waals surface area contributed by atoms with Crippen LogP contribution in [0.3, 0.4) is 0 Å². The fourth-order valence-corrected chi connectivity index (χ4v) is 1.74. The van der Waals surface area contributed by atoms with E-state index >= 15 is 0 Å². The van der Waals surface area contributed by atoms with E-state index in [1.807, 2.05) is 24.3 Å². The molecule has 1 aliphatic heterocycles. The molecule has 74 valence electrons. The van der Waals surface area contributed by atoms with Crippen LogP contribution in [0.25, 0.3) is 10.2 Å². The highest BCUT2D eigenvalue weighted by Crippen LogP contribution is 2.12. The molecule has 0 unspecified atom stereocenters. The molecule has 1 saturated heterocycles. The van der Waals surface area contributed by atoms with E-state index in [4.69, 9.17) is 0 Å². The summed E-state index contributed by atoms with van der Waals surface area (Å²) in [4.78, 5) is 0. The molecule has 1 fully saturated rings. The molecule has 1 aliphatic rings. The molecule has 2 heterocycles. The van der Waals surface area contributed by atoms with E-state index in [1.54, 1.807) is 0 Å². The first-order valence-electron chi connectivity index (χ1n) is 4.76. The average molecular weight is 217 g/mol. The Bertz CT molecular complexity index is 365. The lowest BCUT2D eigenvalue weighted by Gasteiger charge is -2.08. The maximum atomic E-state index is 3.89. The lowest BCUT2D eigenvalue weighted by molar-refractivity contribution is 1.20. The maximum Gasteiger partial charge on any atom is 0.265 e. The number of hydrogen-bond donors (Lipinski definition) is 3. The van der Waals surface area contributed by atoms with Gasteiger partial charge in [-0.1, -0.05) is 16.6 Å². The number of nitrogens with zero attached hydrogens (tertiary/aromatic N) is 2. The SMILES string of the molecule is B1NBNBN1.c1ccc2snnc2c1. The standard InChI is InChI=1S/C6H4N2S.B3H6N3/c1-2-4-6-5(3-1)7-8-9-6;1-4-2-6-3-5-1/h1-4H;1-6H. The number of hydrogen-bond acceptors (Lipinski definition) is 6. The maximum absolute atomic E-state index is 3.89. The minimum atomic E-state index is 0.938. The minimum Gasteiger partial charge on any atom is -0.378 e. The van der Waals surface area contributed by atoms with Gasteiger partial charge < -0.3 is 15.4 Å². The summed E-state index contributed by atoms with van der Waals surface area (Å²) in [5.41, 5.74) is 0.988. The molecule has 0 saturated carbocycles. The molecule has 15 heavy (non-hydrogen) atoms. The monoisotopic (exact) mass is 217 g/mol. The second-order valence-electron chi connectivity index (χ2n) is 3.02. The van der Waals surface area contributed by atoms with Crippen molar-refractivity contribution in [3.05, 3.63) is 24.3 Å². The van der Waals surface area contributed by atoms with Crippen LogP contribution in [0.4, 0.5) is 0 Å². The van der Waals surface area contributed by atoms with Crippen LogP contribution in [-0.4, -0.2) is 32.2 Å². The lowest BCUT2D eigenvalue weighted by Crippen LogP contribution is -2.55. The Morgan fingerprint density at radius 3 is 2.27 bits per heavy atom. The third-order valence-electron chi connectivity index (χ3n) is 1.90. The molecular weight excluding hydrogens is 207 g/mol. The van der Waals surface area contributed by atoms with Gasteiger partial charge in [-0.05, 0) is 23.7 Å². The zero-order chi connectivity index (χ0) is 10.3. The van der Waals surface area contributed by atoms with Crippen LogP contribution >= 0.6 is 11.5 Å². The van der Waals surface area contributed by atoms with Crippen molar-refractivity contribution in [2.24, 2.45) is 0 Å². The van der Waals surface area contributed by atoms with Gasteiger partial charge in [0.15, 0.2) is 0 Å². The molecule has 9 heteroatoms. The van der Waals surface area contributed by atoms with Gasteiger partial charge in [0, 0.05) is 0 Å². The topological polar surface area (TPSA) is 61.9 Å². The summed E-state index contributed by atoms with van der Waals surface area (Å²) in [5, 5.41) is 13.1. The van der Waals surface area contributed by atoms with Crippen LogP contribution in [0, 0.1) is 0 Å². The van der Waals surface area contributed by atoms with E-state index in [9.17, 15) is 0 Å². The number of aromatic nitrogens is 2. The largest absolute Gasteiger partial charge is 0.378 e. The molecule has 0 atom stereocenters. The number of nitrogens with one attached hydrogen (secondary N) is 3. The van der Waals surface area contributed by atoms with Crippen molar-refractivity contribution in [1.82, 2.24) is 25.0 Å². The number of fused-ring (bicyclic) bond motifs is 1. The molecular formula is C6H10B3N5S. The lowest BCUT2D eigenvalue weighted by atomic mass is 9.85. The fraction of sp³-hybridized carbons (Fsp3) is 0. The highest BCUT2D eigenvalue weighted by molar-refractivity contribution is 7.12. The molecule has 0 bridgehead atoms. The average Bonchev–Trinajstić information content (AvgIpc) is 2.80. The fourth-order valence-electron chi connectivity index (χ4n) is 1.18. The predicted molar refractivity (Wildman–Crippen MR) is 68.3 cm³/mol. The Hall–Kier alpha value is -0.885. The van der Waals surface area contributed by atoms with Crippen LogP contribution in [0.5, 0.6) is 0 Å². The Labute approximate surface area is 94.0 Å². The normalized spacial score (nSPS) is 14.1. The van der Waals surface area contributed by atoms with Crippen molar-refractivity contribution in [1.29, 1.82) is 0 Å². The summed E-state index contributed by atoms with van der Waals surface area (Å²) in [6.07, 6.45) is 0. The van der Waals surface area contributed by atoms with Crippen molar-refractivity contribution >= 4 is 44.4 Å². The van der Waals surface area contributed by atoms with Crippen LogP contribution in [0.1, 0.15) is 0 Å². The summed E-state index contributed by atoms with van der Waals surface area (Å²) < 4.78 is 4.94. The molecule has 1 aromatic heterocycles. The van der Waals surface area contributed by atoms with Crippen molar-refractivity contribution in [2.75, 3.05) is 0 Å². The van der Waals surface area contributed by atoms with E-state index < -0.39 is 0 Å². The molecule has 2 aromatic rings. The molecule has 3 rings (SSSR count). The van der Waals surface area contributed by atoms with Gasteiger partial charge in [-0.3, -0.25) is 0 Å². The Kier molecular flexibility index (Phi) is 4.16. The third-order valence-corrected chi connectivity index (χ3v) is 2.61. The van der Waals surface area contributed by atoms with Gasteiger partial charge >= 0.3 is 0 Å². The first-order valence-corrected chi connectivity index (χ1v) is 5.53. The molecule has 0 spiro atoms. The molecule has 5 nitrogen and oxygen atoms in total. The first-order chi connectivity index (χ1) is 7.47. The van der Waals surface area contributed by atoms with Gasteiger partial charge in [0.05, 0.1) is 4.70 Å². The van der Waals surface area contributed by atoms with Gasteiger partial charge in [0.25, 0.3) is 22.6 Å². The van der Waals surface area contributed by atoms with E-state index in [0.717, 1.165) is 32.9 Å². The van der Waals surface area contributed by atoms with Crippen LogP contribution < -0.4 is 15.4 Å². The van der Waals surface area contributed by atoms with Gasteiger partial charge in [0.1, 0.15) is 5.52 Å². The smallest absolute Gasteiger partial charge is 0.265 e. The van der Waals surface area contributed by atoms with Crippen LogP contribution in [-0.2, 0) is 0 Å². The van der Waals surface area contributed by atoms with Crippen molar-refractivity contribution in [3.8, 4) is 0 Å². The van der Waals surface area contributed by atoms with E-state index in [-0.39, 0.29) is 0 Å². The molecule has 1 aromatic carbocycles. The van der Waals surface area contributed by atoms with Crippen LogP contribution in [0.2, 0.25) is 0 Å². The Balaban J connectivity index is 0.000000124. The van der Waals surface area contributed by atoms with E-state index in [0.29, 0.717) is 0 Å². The van der Waals surface area contributed by atoms with Gasteiger partial charge in [0.2, 0.25) is 0 Å². The number of benzene rings is 1. The molecule has 3 N–H and O–H groups in total. The second kappa shape index (κ2) is 5.87. The zero-order valence-electron chi connectivity index (χ0n) is 8.23. The summed E-state index contributed by atoms with van der Waals surface area (Å²) in [5.74, 6) is 0. The van der Waals surface area contributed by atoms with Crippen molar-refractivity contribution in [2.45, 2.75) is 0 Å². The first kappa shape index (κ1) is 10.6. The van der Waals surface area contributed by atoms with Gasteiger partial charge in [-0.25, -0.2) is 0 Å². The van der Waals surface area contributed by atoms with Crippen molar-refractivity contribution in [3.63, 3.8) is 0 Å². The quantitative estimate of drug-likeness (QED) is 0.457. The highest BCUT2D eigenvalue weighted by atomic mass is 32.1. The summed E-state index contributed by atoms with van der Waals surface area (Å²) in [6, 6.07) is 7.92. The van der Waals surface area contributed by atoms with Gasteiger partial charge in [-0.2, -0.15) is 0 Å². The van der Waals surface area contributed by atoms with Crippen molar-refractivity contribution < 1.29 is 0 Å². The molecule has 0 amide bonds. The van der Waals surface area contributed by atoms with E-state index in [1.165, 1.54) is 11.5 Å². The van der Waals surface area contributed by atoms with Gasteiger partial charge in [-0.15, -0.1) is 5.10 Å². The highest BCUT2D eigenvalue weighted by Gasteiger charge is 1.97. The third kappa shape index (κ3) is 3.31. The zero-order valence-corrected chi connectivity index (χ0v) is 9.05. The Morgan fingerprint density at radius 2 is 1.67 bits per heavy atom. The molecule has 0 radical (unpaired) electrons.